The van der Waals surface area contributed by atoms with Crippen LogP contribution in [-0.4, -0.2) is 20.6 Å². The molecule has 0 bridgehead atoms. The molecule has 5 heteroatoms. The number of hydrogen-bond donors (Lipinski definition) is 1. The van der Waals surface area contributed by atoms with E-state index in [0.29, 0.717) is 17.3 Å². The van der Waals surface area contributed by atoms with Crippen molar-refractivity contribution in [3.8, 4) is 23.0 Å². The molecule has 124 valence electrons. The fourth-order valence-corrected chi connectivity index (χ4v) is 2.65. The number of nitriles is 1. The maximum absolute atomic E-state index is 11.1. The summed E-state index contributed by atoms with van der Waals surface area (Å²) >= 11 is 0. The summed E-state index contributed by atoms with van der Waals surface area (Å²) < 4.78 is 1.68. The Kier molecular flexibility index (Phi) is 4.36. The van der Waals surface area contributed by atoms with Crippen LogP contribution >= 0.6 is 0 Å². The molecule has 25 heavy (non-hydrogen) atoms. The van der Waals surface area contributed by atoms with E-state index in [4.69, 9.17) is 5.11 Å². The Balaban J connectivity index is 2.04. The van der Waals surface area contributed by atoms with Gasteiger partial charge in [-0.05, 0) is 29.2 Å². The molecule has 0 spiro atoms. The van der Waals surface area contributed by atoms with Crippen molar-refractivity contribution in [2.75, 3.05) is 0 Å². The molecule has 3 aromatic rings. The molecule has 0 aliphatic heterocycles. The first-order chi connectivity index (χ1) is 12.0. The second-order valence-corrected chi connectivity index (χ2v) is 6.09. The van der Waals surface area contributed by atoms with Gasteiger partial charge in [0.05, 0.1) is 11.1 Å². The Morgan fingerprint density at radius 1 is 1.20 bits per heavy atom. The monoisotopic (exact) mass is 331 g/mol. The average Bonchev–Trinajstić information content (AvgIpc) is 3.06. The molecule has 0 fully saturated rings. The minimum atomic E-state index is -1.01. The van der Waals surface area contributed by atoms with Gasteiger partial charge in [-0.25, -0.2) is 9.78 Å². The highest BCUT2D eigenvalue weighted by Crippen LogP contribution is 2.27. The molecule has 2 heterocycles. The normalized spacial score (nSPS) is 10.6. The van der Waals surface area contributed by atoms with E-state index in [9.17, 15) is 10.1 Å². The van der Waals surface area contributed by atoms with Gasteiger partial charge in [-0.3, -0.25) is 0 Å². The van der Waals surface area contributed by atoms with E-state index in [1.165, 1.54) is 23.9 Å². The first kappa shape index (κ1) is 16.5. The Morgan fingerprint density at radius 2 is 1.92 bits per heavy atom. The molecule has 0 aliphatic carbocycles. The zero-order valence-electron chi connectivity index (χ0n) is 14.0. The van der Waals surface area contributed by atoms with Gasteiger partial charge in [0, 0.05) is 24.2 Å². The summed E-state index contributed by atoms with van der Waals surface area (Å²) in [6.45, 7) is 4.26. The van der Waals surface area contributed by atoms with E-state index in [-0.39, 0.29) is 5.56 Å². The average molecular weight is 331 g/mol. The minimum absolute atomic E-state index is 0.153. The maximum atomic E-state index is 11.1. The number of carbonyl (C=O) groups is 1. The van der Waals surface area contributed by atoms with Gasteiger partial charge >= 0.3 is 5.97 Å². The van der Waals surface area contributed by atoms with Crippen molar-refractivity contribution in [1.29, 1.82) is 5.26 Å². The molecule has 0 amide bonds. The first-order valence-electron chi connectivity index (χ1n) is 7.91. The van der Waals surface area contributed by atoms with Gasteiger partial charge in [0.15, 0.2) is 0 Å². The summed E-state index contributed by atoms with van der Waals surface area (Å²) in [4.78, 5) is 15.3. The summed E-state index contributed by atoms with van der Waals surface area (Å²) in [5.41, 5.74) is 3.63. The molecule has 3 rings (SSSR count). The molecule has 2 aromatic heterocycles. The van der Waals surface area contributed by atoms with Crippen LogP contribution in [0.5, 0.6) is 0 Å². The molecule has 0 radical (unpaired) electrons. The second-order valence-electron chi connectivity index (χ2n) is 6.09. The molecule has 0 saturated carbocycles. The van der Waals surface area contributed by atoms with Crippen LogP contribution in [0.3, 0.4) is 0 Å². The van der Waals surface area contributed by atoms with Gasteiger partial charge in [-0.15, -0.1) is 0 Å². The van der Waals surface area contributed by atoms with Gasteiger partial charge in [0.1, 0.15) is 11.9 Å². The molecule has 1 aromatic carbocycles. The number of benzene rings is 1. The number of carboxylic acids is 1. The number of nitrogens with zero attached hydrogens (tertiary/aromatic N) is 3. The molecule has 0 unspecified atom stereocenters. The maximum Gasteiger partial charge on any atom is 0.335 e. The van der Waals surface area contributed by atoms with Crippen molar-refractivity contribution >= 4 is 5.97 Å². The highest BCUT2D eigenvalue weighted by atomic mass is 16.4. The minimum Gasteiger partial charge on any atom is -0.478 e. The van der Waals surface area contributed by atoms with Crippen LogP contribution in [0.1, 0.15) is 41.3 Å². The van der Waals surface area contributed by atoms with Crippen LogP contribution < -0.4 is 0 Å². The van der Waals surface area contributed by atoms with Gasteiger partial charge in [0.2, 0.25) is 0 Å². The smallest absolute Gasteiger partial charge is 0.335 e. The summed E-state index contributed by atoms with van der Waals surface area (Å²) in [7, 11) is 0. The lowest BCUT2D eigenvalue weighted by Gasteiger charge is -2.06. The third kappa shape index (κ3) is 3.29. The van der Waals surface area contributed by atoms with E-state index in [1.54, 1.807) is 17.0 Å². The van der Waals surface area contributed by atoms with Gasteiger partial charge in [-0.1, -0.05) is 38.1 Å². The van der Waals surface area contributed by atoms with E-state index in [0.717, 1.165) is 11.1 Å². The molecule has 0 aliphatic rings. The molecular weight excluding hydrogens is 314 g/mol. The Bertz CT molecular complexity index is 963. The van der Waals surface area contributed by atoms with Crippen molar-refractivity contribution in [2.45, 2.75) is 19.8 Å². The quantitative estimate of drug-likeness (QED) is 0.776. The number of hydrogen-bond acceptors (Lipinski definition) is 3. The SMILES string of the molecule is CC(C)c1ccc(-c2cn(-c3cc(C(=O)O)ccn3)cc2C#N)cc1. The van der Waals surface area contributed by atoms with Crippen LogP contribution in [0.4, 0.5) is 0 Å². The van der Waals surface area contributed by atoms with Crippen LogP contribution in [0.25, 0.3) is 16.9 Å². The molecular formula is C20H17N3O2. The Labute approximate surface area is 145 Å². The van der Waals surface area contributed by atoms with Crippen molar-refractivity contribution in [1.82, 2.24) is 9.55 Å². The van der Waals surface area contributed by atoms with Crippen LogP contribution in [0, 0.1) is 11.3 Å². The lowest BCUT2D eigenvalue weighted by atomic mass is 9.99. The third-order valence-corrected chi connectivity index (χ3v) is 4.09. The molecule has 0 saturated heterocycles. The Hall–Kier alpha value is -3.39. The number of aromatic carboxylic acids is 1. The fourth-order valence-electron chi connectivity index (χ4n) is 2.65. The van der Waals surface area contributed by atoms with Gasteiger partial charge < -0.3 is 9.67 Å². The second kappa shape index (κ2) is 6.62. The lowest BCUT2D eigenvalue weighted by Crippen LogP contribution is -2.00. The van der Waals surface area contributed by atoms with Crippen LogP contribution in [0.2, 0.25) is 0 Å². The summed E-state index contributed by atoms with van der Waals surface area (Å²) in [5, 5.41) is 18.6. The number of rotatable bonds is 4. The number of carboxylic acid groups (broad SMARTS) is 1. The van der Waals surface area contributed by atoms with E-state index >= 15 is 0 Å². The van der Waals surface area contributed by atoms with Gasteiger partial charge in [0.25, 0.3) is 0 Å². The zero-order chi connectivity index (χ0) is 18.0. The Morgan fingerprint density at radius 3 is 2.52 bits per heavy atom. The predicted octanol–water partition coefficient (Wildman–Crippen LogP) is 4.23. The van der Waals surface area contributed by atoms with Crippen molar-refractivity contribution in [3.05, 3.63) is 71.7 Å². The highest BCUT2D eigenvalue weighted by molar-refractivity contribution is 5.88. The number of pyridine rings is 1. The zero-order valence-corrected chi connectivity index (χ0v) is 14.0. The molecule has 1 N–H and O–H groups in total. The van der Waals surface area contributed by atoms with E-state index in [2.05, 4.69) is 37.0 Å². The van der Waals surface area contributed by atoms with E-state index in [1.807, 2.05) is 12.1 Å². The van der Waals surface area contributed by atoms with Crippen molar-refractivity contribution in [3.63, 3.8) is 0 Å². The topological polar surface area (TPSA) is 78.9 Å². The predicted molar refractivity (Wildman–Crippen MR) is 94.8 cm³/mol. The van der Waals surface area contributed by atoms with E-state index < -0.39 is 5.97 Å². The summed E-state index contributed by atoms with van der Waals surface area (Å²) in [6.07, 6.45) is 4.92. The standard InChI is InChI=1S/C20H17N3O2/c1-13(2)14-3-5-15(6-4-14)18-12-23(11-17(18)10-21)19-9-16(20(24)25)7-8-22-19/h3-9,11-13H,1-2H3,(H,24,25). The first-order valence-corrected chi connectivity index (χ1v) is 7.91. The van der Waals surface area contributed by atoms with Crippen LogP contribution in [-0.2, 0) is 0 Å². The number of aromatic nitrogens is 2. The summed E-state index contributed by atoms with van der Waals surface area (Å²) in [6, 6.07) is 13.2. The lowest BCUT2D eigenvalue weighted by molar-refractivity contribution is 0.0696. The molecule has 5 nitrogen and oxygen atoms in total. The van der Waals surface area contributed by atoms with Crippen LogP contribution in [0.15, 0.2) is 55.0 Å². The molecule has 0 atom stereocenters. The highest BCUT2D eigenvalue weighted by Gasteiger charge is 2.12. The van der Waals surface area contributed by atoms with Gasteiger partial charge in [-0.2, -0.15) is 5.26 Å². The summed E-state index contributed by atoms with van der Waals surface area (Å²) in [5.74, 6) is -0.112. The fraction of sp³-hybridized carbons (Fsp3) is 0.150. The van der Waals surface area contributed by atoms with Crippen molar-refractivity contribution < 1.29 is 9.90 Å². The third-order valence-electron chi connectivity index (χ3n) is 4.09. The largest absolute Gasteiger partial charge is 0.478 e. The van der Waals surface area contributed by atoms with Crippen molar-refractivity contribution in [2.24, 2.45) is 0 Å².